The van der Waals surface area contributed by atoms with Crippen LogP contribution in [0.2, 0.25) is 0 Å². The molecule has 1 aromatic heterocycles. The van der Waals surface area contributed by atoms with Gasteiger partial charge in [-0.25, -0.2) is 32.5 Å². The summed E-state index contributed by atoms with van der Waals surface area (Å²) in [5, 5.41) is 0. The molecule has 1 fully saturated rings. The molecule has 1 aliphatic rings. The van der Waals surface area contributed by atoms with Crippen LogP contribution in [0.4, 0.5) is 4.39 Å². The molecule has 1 atom stereocenters. The topological polar surface area (TPSA) is 66.0 Å². The van der Waals surface area contributed by atoms with Crippen molar-refractivity contribution in [1.29, 1.82) is 0 Å². The van der Waals surface area contributed by atoms with E-state index >= 15 is 4.39 Å². The second kappa shape index (κ2) is 8.88. The molecule has 0 N–H and O–H groups in total. The van der Waals surface area contributed by atoms with Crippen LogP contribution in [0, 0.1) is 5.92 Å². The number of rotatable bonds is 8. The van der Waals surface area contributed by atoms with E-state index in [1.54, 1.807) is 13.8 Å². The zero-order chi connectivity index (χ0) is 21.1. The van der Waals surface area contributed by atoms with Gasteiger partial charge in [-0.2, -0.15) is 0 Å². The Morgan fingerprint density at radius 1 is 0.929 bits per heavy atom. The van der Waals surface area contributed by atoms with Crippen LogP contribution >= 0.6 is 0 Å². The minimum absolute atomic E-state index is 0.0141. The summed E-state index contributed by atoms with van der Waals surface area (Å²) >= 11 is 0. The van der Waals surface area contributed by atoms with E-state index in [0.717, 1.165) is 39.4 Å². The van der Waals surface area contributed by atoms with Crippen molar-refractivity contribution in [3.63, 3.8) is 0 Å². The fourth-order valence-electron chi connectivity index (χ4n) is 4.02. The molecule has 28 heavy (non-hydrogen) atoms. The number of aromatic nitrogens is 3. The van der Waals surface area contributed by atoms with E-state index in [1.807, 2.05) is 0 Å². The van der Waals surface area contributed by atoms with Crippen molar-refractivity contribution < 1.29 is 4.39 Å². The molecule has 0 aliphatic heterocycles. The number of allylic oxidation sites excluding steroid dienone is 2. The average molecular weight is 394 g/mol. The lowest BCUT2D eigenvalue weighted by molar-refractivity contribution is 0.104. The third-order valence-corrected chi connectivity index (χ3v) is 5.17. The summed E-state index contributed by atoms with van der Waals surface area (Å²) in [5.41, 5.74) is -2.82. The molecule has 0 aromatic carbocycles. The highest BCUT2D eigenvalue weighted by Gasteiger charge is 2.31. The van der Waals surface area contributed by atoms with Crippen molar-refractivity contribution in [1.82, 2.24) is 13.7 Å². The van der Waals surface area contributed by atoms with Crippen LogP contribution in [0.1, 0.15) is 59.3 Å². The van der Waals surface area contributed by atoms with Gasteiger partial charge in [0, 0.05) is 0 Å². The first-order valence-electron chi connectivity index (χ1n) is 9.94. The molecule has 2 rings (SSSR count). The molecule has 1 aliphatic carbocycles. The van der Waals surface area contributed by atoms with Crippen molar-refractivity contribution in [2.45, 2.75) is 84.6 Å². The van der Waals surface area contributed by atoms with Crippen LogP contribution in [0.5, 0.6) is 0 Å². The third kappa shape index (κ3) is 5.42. The standard InChI is InChI=1S/C21H32FN3O3/c1-15(2)12-23-18(26)24(13-16(3)4)20(28)25(19(23)27)14-21(5,22)11-17-9-7-6-8-10-17/h17H,1,3,6-14H2,2,4-5H3. The van der Waals surface area contributed by atoms with E-state index in [9.17, 15) is 14.4 Å². The lowest BCUT2D eigenvalue weighted by Crippen LogP contribution is -2.56. The van der Waals surface area contributed by atoms with Crippen LogP contribution in [0.3, 0.4) is 0 Å². The SMILES string of the molecule is C=C(C)Cn1c(=O)n(CC(=C)C)c(=O)n(CC(C)(F)CC2CCCCC2)c1=O. The van der Waals surface area contributed by atoms with Gasteiger partial charge in [0.2, 0.25) is 0 Å². The minimum Gasteiger partial charge on any atom is -0.247 e. The average Bonchev–Trinajstić information content (AvgIpc) is 2.59. The summed E-state index contributed by atoms with van der Waals surface area (Å²) in [6, 6.07) is 0. The largest absolute Gasteiger partial charge is 0.336 e. The van der Waals surface area contributed by atoms with Gasteiger partial charge < -0.3 is 0 Å². The Hall–Kier alpha value is -2.18. The van der Waals surface area contributed by atoms with Crippen LogP contribution in [-0.2, 0) is 19.6 Å². The molecular formula is C21H32FN3O3. The summed E-state index contributed by atoms with van der Waals surface area (Å²) in [4.78, 5) is 38.3. The Kier molecular flexibility index (Phi) is 7.01. The Morgan fingerprint density at radius 2 is 1.36 bits per heavy atom. The lowest BCUT2D eigenvalue weighted by atomic mass is 9.82. The maximum absolute atomic E-state index is 15.4. The Morgan fingerprint density at radius 3 is 1.79 bits per heavy atom. The van der Waals surface area contributed by atoms with Crippen LogP contribution in [0.15, 0.2) is 38.7 Å². The van der Waals surface area contributed by atoms with Gasteiger partial charge in [-0.3, -0.25) is 0 Å². The molecule has 1 heterocycles. The predicted molar refractivity (Wildman–Crippen MR) is 110 cm³/mol. The molecule has 1 unspecified atom stereocenters. The van der Waals surface area contributed by atoms with E-state index in [2.05, 4.69) is 13.2 Å². The number of nitrogens with zero attached hydrogens (tertiary/aromatic N) is 3. The van der Waals surface area contributed by atoms with E-state index in [4.69, 9.17) is 0 Å². The molecule has 1 aromatic rings. The van der Waals surface area contributed by atoms with Gasteiger partial charge in [0.25, 0.3) is 0 Å². The van der Waals surface area contributed by atoms with Crippen LogP contribution < -0.4 is 17.1 Å². The molecule has 156 valence electrons. The Labute approximate surface area is 165 Å². The molecule has 7 heteroatoms. The fourth-order valence-corrected chi connectivity index (χ4v) is 4.02. The van der Waals surface area contributed by atoms with Gasteiger partial charge in [0.05, 0.1) is 19.6 Å². The zero-order valence-corrected chi connectivity index (χ0v) is 17.3. The van der Waals surface area contributed by atoms with Crippen molar-refractivity contribution in [3.8, 4) is 0 Å². The number of hydrogen-bond donors (Lipinski definition) is 0. The van der Waals surface area contributed by atoms with E-state index in [0.29, 0.717) is 17.6 Å². The maximum atomic E-state index is 15.4. The Bertz CT molecular complexity index is 860. The van der Waals surface area contributed by atoms with Crippen molar-refractivity contribution in [3.05, 3.63) is 55.8 Å². The monoisotopic (exact) mass is 393 g/mol. The summed E-state index contributed by atoms with van der Waals surface area (Å²) in [7, 11) is 0. The molecular weight excluding hydrogens is 361 g/mol. The second-order valence-corrected chi connectivity index (χ2v) is 8.64. The highest BCUT2D eigenvalue weighted by atomic mass is 19.1. The zero-order valence-electron chi connectivity index (χ0n) is 17.3. The van der Waals surface area contributed by atoms with E-state index in [-0.39, 0.29) is 25.6 Å². The van der Waals surface area contributed by atoms with E-state index < -0.39 is 22.7 Å². The first-order chi connectivity index (χ1) is 13.0. The lowest BCUT2D eigenvalue weighted by Gasteiger charge is -2.29. The predicted octanol–water partition coefficient (Wildman–Crippen LogP) is 3.02. The van der Waals surface area contributed by atoms with Gasteiger partial charge >= 0.3 is 17.1 Å². The summed E-state index contributed by atoms with van der Waals surface area (Å²) < 4.78 is 18.1. The molecule has 6 nitrogen and oxygen atoms in total. The van der Waals surface area contributed by atoms with Gasteiger partial charge in [0.15, 0.2) is 0 Å². The highest BCUT2D eigenvalue weighted by molar-refractivity contribution is 4.95. The van der Waals surface area contributed by atoms with Gasteiger partial charge in [-0.1, -0.05) is 56.4 Å². The maximum Gasteiger partial charge on any atom is 0.336 e. The number of hydrogen-bond acceptors (Lipinski definition) is 3. The van der Waals surface area contributed by atoms with Gasteiger partial charge in [-0.15, -0.1) is 0 Å². The van der Waals surface area contributed by atoms with Crippen molar-refractivity contribution in [2.24, 2.45) is 5.92 Å². The molecule has 1 saturated carbocycles. The van der Waals surface area contributed by atoms with Gasteiger partial charge in [-0.05, 0) is 33.1 Å². The quantitative estimate of drug-likeness (QED) is 0.638. The third-order valence-electron chi connectivity index (χ3n) is 5.17. The summed E-state index contributed by atoms with van der Waals surface area (Å²) in [6.07, 6.45) is 5.62. The molecule has 0 spiro atoms. The smallest absolute Gasteiger partial charge is 0.247 e. The second-order valence-electron chi connectivity index (χ2n) is 8.64. The molecule has 0 saturated heterocycles. The fraction of sp³-hybridized carbons (Fsp3) is 0.667. The first kappa shape index (κ1) is 22.1. The number of halogens is 1. The Balaban J connectivity index is 2.47. The number of alkyl halides is 1. The normalized spacial score (nSPS) is 17.3. The van der Waals surface area contributed by atoms with E-state index in [1.165, 1.54) is 13.3 Å². The minimum atomic E-state index is -1.71. The molecule has 0 amide bonds. The summed E-state index contributed by atoms with van der Waals surface area (Å²) in [6.45, 7) is 11.9. The summed E-state index contributed by atoms with van der Waals surface area (Å²) in [5.74, 6) is 0.262. The highest BCUT2D eigenvalue weighted by Crippen LogP contribution is 2.32. The van der Waals surface area contributed by atoms with Crippen LogP contribution in [-0.4, -0.2) is 19.4 Å². The first-order valence-corrected chi connectivity index (χ1v) is 9.94. The van der Waals surface area contributed by atoms with Crippen molar-refractivity contribution in [2.75, 3.05) is 0 Å². The van der Waals surface area contributed by atoms with Crippen molar-refractivity contribution >= 4 is 0 Å². The molecule has 0 bridgehead atoms. The van der Waals surface area contributed by atoms with Gasteiger partial charge in [0.1, 0.15) is 5.67 Å². The van der Waals surface area contributed by atoms with Crippen LogP contribution in [0.25, 0.3) is 0 Å². The molecule has 0 radical (unpaired) electrons.